The standard InChI is InChI=1S/C21H20BrNO5/c1-27-16(28-2)12-23-18(14-9-6-10-15(22)11-14)17(20(25)21(23)26)19(24)13-7-4-3-5-8-13/h3-11,16,18,24H,12H2,1-2H3/t18-/m0/s1. The Hall–Kier alpha value is -2.48. The first-order valence-electron chi connectivity index (χ1n) is 8.62. The van der Waals surface area contributed by atoms with Crippen LogP contribution in [-0.2, 0) is 19.1 Å². The van der Waals surface area contributed by atoms with E-state index in [1.54, 1.807) is 30.3 Å². The number of ether oxygens (including phenoxy) is 2. The Kier molecular flexibility index (Phi) is 6.28. The van der Waals surface area contributed by atoms with Crippen LogP contribution in [0.5, 0.6) is 0 Å². The number of carbonyl (C=O) groups excluding carboxylic acids is 2. The topological polar surface area (TPSA) is 76.1 Å². The molecule has 1 fully saturated rings. The molecule has 0 aromatic heterocycles. The van der Waals surface area contributed by atoms with E-state index in [0.717, 1.165) is 4.47 Å². The van der Waals surface area contributed by atoms with Gasteiger partial charge < -0.3 is 19.5 Å². The van der Waals surface area contributed by atoms with E-state index in [0.29, 0.717) is 11.1 Å². The third-order valence-electron chi connectivity index (χ3n) is 4.62. The molecule has 0 unspecified atom stereocenters. The van der Waals surface area contributed by atoms with Gasteiger partial charge in [0, 0.05) is 24.3 Å². The summed E-state index contributed by atoms with van der Waals surface area (Å²) in [4.78, 5) is 27.0. The Morgan fingerprint density at radius 2 is 1.79 bits per heavy atom. The fourth-order valence-electron chi connectivity index (χ4n) is 3.25. The number of hydrogen-bond acceptors (Lipinski definition) is 5. The molecule has 7 heteroatoms. The number of aliphatic hydroxyl groups is 1. The van der Waals surface area contributed by atoms with Crippen molar-refractivity contribution in [3.8, 4) is 0 Å². The number of carbonyl (C=O) groups is 2. The van der Waals surface area contributed by atoms with Crippen LogP contribution in [0.15, 0.2) is 64.6 Å². The fraction of sp³-hybridized carbons (Fsp3) is 0.238. The highest BCUT2D eigenvalue weighted by Crippen LogP contribution is 2.40. The van der Waals surface area contributed by atoms with Gasteiger partial charge in [-0.25, -0.2) is 0 Å². The molecule has 0 bridgehead atoms. The second-order valence-corrected chi connectivity index (χ2v) is 7.19. The van der Waals surface area contributed by atoms with Gasteiger partial charge in [0.25, 0.3) is 11.7 Å². The van der Waals surface area contributed by atoms with Crippen molar-refractivity contribution in [3.63, 3.8) is 0 Å². The third-order valence-corrected chi connectivity index (χ3v) is 5.12. The maximum atomic E-state index is 12.9. The van der Waals surface area contributed by atoms with Crippen LogP contribution in [0.3, 0.4) is 0 Å². The highest BCUT2D eigenvalue weighted by atomic mass is 79.9. The Morgan fingerprint density at radius 3 is 2.39 bits per heavy atom. The van der Waals surface area contributed by atoms with Gasteiger partial charge in [0.15, 0.2) is 6.29 Å². The number of aliphatic hydroxyl groups excluding tert-OH is 1. The van der Waals surface area contributed by atoms with Crippen LogP contribution in [0, 0.1) is 0 Å². The number of methoxy groups -OCH3 is 2. The minimum absolute atomic E-state index is 0.0419. The summed E-state index contributed by atoms with van der Waals surface area (Å²) in [6.45, 7) is 0.0420. The Bertz CT molecular complexity index is 908. The number of ketones is 1. The molecule has 0 radical (unpaired) electrons. The Balaban J connectivity index is 2.16. The third kappa shape index (κ3) is 3.87. The second kappa shape index (κ2) is 8.68. The molecule has 6 nitrogen and oxygen atoms in total. The van der Waals surface area contributed by atoms with Gasteiger partial charge in [-0.2, -0.15) is 0 Å². The summed E-state index contributed by atoms with van der Waals surface area (Å²) in [7, 11) is 2.92. The van der Waals surface area contributed by atoms with Crippen LogP contribution < -0.4 is 0 Å². The lowest BCUT2D eigenvalue weighted by Crippen LogP contribution is -2.38. The van der Waals surface area contributed by atoms with Gasteiger partial charge in [-0.15, -0.1) is 0 Å². The number of halogens is 1. The molecular weight excluding hydrogens is 426 g/mol. The van der Waals surface area contributed by atoms with Crippen molar-refractivity contribution in [2.24, 2.45) is 0 Å². The van der Waals surface area contributed by atoms with Crippen molar-refractivity contribution in [1.29, 1.82) is 0 Å². The number of likely N-dealkylation sites (tertiary alicyclic amines) is 1. The average molecular weight is 446 g/mol. The van der Waals surface area contributed by atoms with Gasteiger partial charge in [0.2, 0.25) is 0 Å². The largest absolute Gasteiger partial charge is 0.507 e. The number of benzene rings is 2. The minimum Gasteiger partial charge on any atom is -0.507 e. The zero-order valence-corrected chi connectivity index (χ0v) is 17.0. The number of amides is 1. The van der Waals surface area contributed by atoms with Crippen molar-refractivity contribution in [1.82, 2.24) is 4.90 Å². The lowest BCUT2D eigenvalue weighted by Gasteiger charge is -2.28. The smallest absolute Gasteiger partial charge is 0.295 e. The van der Waals surface area contributed by atoms with Crippen LogP contribution in [0.4, 0.5) is 0 Å². The first-order valence-corrected chi connectivity index (χ1v) is 9.42. The molecule has 1 aliphatic heterocycles. The van der Waals surface area contributed by atoms with Crippen LogP contribution >= 0.6 is 15.9 Å². The molecule has 1 saturated heterocycles. The quantitative estimate of drug-likeness (QED) is 0.318. The van der Waals surface area contributed by atoms with E-state index in [-0.39, 0.29) is 17.9 Å². The first-order chi connectivity index (χ1) is 13.5. The zero-order valence-electron chi connectivity index (χ0n) is 15.5. The molecule has 1 N–H and O–H groups in total. The summed E-state index contributed by atoms with van der Waals surface area (Å²) >= 11 is 3.42. The van der Waals surface area contributed by atoms with E-state index in [1.165, 1.54) is 19.1 Å². The highest BCUT2D eigenvalue weighted by molar-refractivity contribution is 9.10. The second-order valence-electron chi connectivity index (χ2n) is 6.27. The molecule has 1 aliphatic rings. The molecule has 1 atom stereocenters. The summed E-state index contributed by atoms with van der Waals surface area (Å²) in [6.07, 6.45) is -0.704. The first kappa shape index (κ1) is 20.3. The fourth-order valence-corrected chi connectivity index (χ4v) is 3.67. The summed E-state index contributed by atoms with van der Waals surface area (Å²) in [6, 6.07) is 15.2. The molecule has 28 heavy (non-hydrogen) atoms. The van der Waals surface area contributed by atoms with Gasteiger partial charge in [0.1, 0.15) is 5.76 Å². The number of hydrogen-bond donors (Lipinski definition) is 1. The van der Waals surface area contributed by atoms with Crippen LogP contribution in [0.2, 0.25) is 0 Å². The summed E-state index contributed by atoms with van der Waals surface area (Å²) < 4.78 is 11.2. The number of Topliss-reactive ketones (excluding diaryl/α,β-unsaturated/α-hetero) is 1. The summed E-state index contributed by atoms with van der Waals surface area (Å²) in [5.74, 6) is -1.66. The van der Waals surface area contributed by atoms with Crippen molar-refractivity contribution in [2.75, 3.05) is 20.8 Å². The zero-order chi connectivity index (χ0) is 20.3. The van der Waals surface area contributed by atoms with Crippen LogP contribution in [0.1, 0.15) is 17.2 Å². The lowest BCUT2D eigenvalue weighted by molar-refractivity contribution is -0.149. The maximum Gasteiger partial charge on any atom is 0.295 e. The number of rotatable bonds is 6. The van der Waals surface area contributed by atoms with Gasteiger partial charge in [-0.05, 0) is 17.7 Å². The van der Waals surface area contributed by atoms with Gasteiger partial charge in [0.05, 0.1) is 18.2 Å². The van der Waals surface area contributed by atoms with Crippen molar-refractivity contribution in [2.45, 2.75) is 12.3 Å². The molecule has 2 aromatic carbocycles. The molecule has 146 valence electrons. The van der Waals surface area contributed by atoms with Crippen molar-refractivity contribution >= 4 is 33.4 Å². The predicted molar refractivity (Wildman–Crippen MR) is 107 cm³/mol. The highest BCUT2D eigenvalue weighted by Gasteiger charge is 2.46. The SMILES string of the molecule is COC(CN1C(=O)C(=O)C(=C(O)c2ccccc2)[C@@H]1c1cccc(Br)c1)OC. The molecule has 0 spiro atoms. The lowest BCUT2D eigenvalue weighted by atomic mass is 9.95. The van der Waals surface area contributed by atoms with Gasteiger partial charge in [-0.3, -0.25) is 9.59 Å². The maximum absolute atomic E-state index is 12.9. The Morgan fingerprint density at radius 1 is 1.11 bits per heavy atom. The number of nitrogens with zero attached hydrogens (tertiary/aromatic N) is 1. The van der Waals surface area contributed by atoms with E-state index >= 15 is 0 Å². The summed E-state index contributed by atoms with van der Waals surface area (Å²) in [5.41, 5.74) is 1.20. The van der Waals surface area contributed by atoms with E-state index < -0.39 is 24.0 Å². The molecule has 1 amide bonds. The molecule has 0 saturated carbocycles. The predicted octanol–water partition coefficient (Wildman–Crippen LogP) is 3.49. The van der Waals surface area contributed by atoms with Crippen molar-refractivity contribution in [3.05, 3.63) is 75.8 Å². The van der Waals surface area contributed by atoms with Gasteiger partial charge >= 0.3 is 0 Å². The van der Waals surface area contributed by atoms with Crippen molar-refractivity contribution < 1.29 is 24.2 Å². The van der Waals surface area contributed by atoms with Crippen LogP contribution in [-0.4, -0.2) is 48.8 Å². The molecule has 0 aliphatic carbocycles. The molecule has 2 aromatic rings. The summed E-state index contributed by atoms with van der Waals surface area (Å²) in [5, 5.41) is 10.9. The average Bonchev–Trinajstić information content (AvgIpc) is 2.96. The Labute approximate surface area is 171 Å². The molecule has 3 rings (SSSR count). The monoisotopic (exact) mass is 445 g/mol. The normalized spacial score (nSPS) is 18.9. The van der Waals surface area contributed by atoms with E-state index in [4.69, 9.17) is 9.47 Å². The van der Waals surface area contributed by atoms with E-state index in [1.807, 2.05) is 24.3 Å². The van der Waals surface area contributed by atoms with E-state index in [9.17, 15) is 14.7 Å². The minimum atomic E-state index is -0.759. The van der Waals surface area contributed by atoms with Crippen LogP contribution in [0.25, 0.3) is 5.76 Å². The van der Waals surface area contributed by atoms with E-state index in [2.05, 4.69) is 15.9 Å². The van der Waals surface area contributed by atoms with Gasteiger partial charge in [-0.1, -0.05) is 58.4 Å². The molecule has 1 heterocycles. The molecular formula is C21H20BrNO5.